The second-order valence-corrected chi connectivity index (χ2v) is 8.29. The van der Waals surface area contributed by atoms with Crippen molar-refractivity contribution in [2.45, 2.75) is 45.3 Å². The summed E-state index contributed by atoms with van der Waals surface area (Å²) in [5.41, 5.74) is 1.21. The minimum Gasteiger partial charge on any atom is -0.491 e. The third-order valence-electron chi connectivity index (χ3n) is 5.53. The Morgan fingerprint density at radius 2 is 1.71 bits per heavy atom. The number of ketones is 1. The Bertz CT molecular complexity index is 968. The van der Waals surface area contributed by atoms with E-state index in [2.05, 4.69) is 19.2 Å². The van der Waals surface area contributed by atoms with Gasteiger partial charge in [0.25, 0.3) is 5.91 Å². The summed E-state index contributed by atoms with van der Waals surface area (Å²) in [5.74, 6) is 0.379. The number of carbonyl (C=O) groups is 3. The van der Waals surface area contributed by atoms with Gasteiger partial charge in [-0.3, -0.25) is 14.5 Å². The van der Waals surface area contributed by atoms with Gasteiger partial charge in [-0.15, -0.1) is 0 Å². The summed E-state index contributed by atoms with van der Waals surface area (Å²) < 4.78 is 5.52. The van der Waals surface area contributed by atoms with E-state index >= 15 is 0 Å². The number of benzene rings is 2. The van der Waals surface area contributed by atoms with Gasteiger partial charge in [0.1, 0.15) is 24.0 Å². The van der Waals surface area contributed by atoms with Crippen LogP contribution >= 0.6 is 0 Å². The van der Waals surface area contributed by atoms with Gasteiger partial charge in [0.05, 0.1) is 6.54 Å². The van der Waals surface area contributed by atoms with Crippen molar-refractivity contribution in [1.82, 2.24) is 10.2 Å². The summed E-state index contributed by atoms with van der Waals surface area (Å²) in [6, 6.07) is 13.6. The van der Waals surface area contributed by atoms with Crippen LogP contribution in [0, 0.1) is 0 Å². The van der Waals surface area contributed by atoms with Crippen molar-refractivity contribution in [3.05, 3.63) is 65.2 Å². The average molecular weight is 424 g/mol. The van der Waals surface area contributed by atoms with Crippen LogP contribution in [0.15, 0.2) is 48.5 Å². The van der Waals surface area contributed by atoms with Crippen LogP contribution in [0.2, 0.25) is 0 Å². The van der Waals surface area contributed by atoms with Crippen LogP contribution in [0.4, 0.5) is 4.79 Å². The highest BCUT2D eigenvalue weighted by atomic mass is 16.5. The van der Waals surface area contributed by atoms with E-state index in [4.69, 9.17) is 4.74 Å². The van der Waals surface area contributed by atoms with Crippen LogP contribution in [-0.2, 0) is 10.3 Å². The van der Waals surface area contributed by atoms with Crippen LogP contribution in [0.5, 0.6) is 5.75 Å². The molecule has 31 heavy (non-hydrogen) atoms. The van der Waals surface area contributed by atoms with Gasteiger partial charge in [-0.2, -0.15) is 0 Å². The Morgan fingerprint density at radius 3 is 2.26 bits per heavy atom. The largest absolute Gasteiger partial charge is 0.491 e. The van der Waals surface area contributed by atoms with Gasteiger partial charge in [-0.05, 0) is 55.2 Å². The summed E-state index contributed by atoms with van der Waals surface area (Å²) in [5, 5.41) is 13.1. The lowest BCUT2D eigenvalue weighted by atomic mass is 9.90. The Hall–Kier alpha value is -3.19. The fourth-order valence-corrected chi connectivity index (χ4v) is 3.50. The molecule has 3 amide bonds. The highest BCUT2D eigenvalue weighted by Crippen LogP contribution is 2.30. The van der Waals surface area contributed by atoms with Gasteiger partial charge in [0.15, 0.2) is 5.78 Å². The Balaban J connectivity index is 1.63. The molecule has 2 aromatic rings. The molecule has 0 radical (unpaired) electrons. The quantitative estimate of drug-likeness (QED) is 0.501. The van der Waals surface area contributed by atoms with Crippen molar-refractivity contribution in [3.63, 3.8) is 0 Å². The smallest absolute Gasteiger partial charge is 0.325 e. The molecule has 1 saturated heterocycles. The third-order valence-corrected chi connectivity index (χ3v) is 5.53. The number of β-amino-alcohol motifs (C(OH)–C–C–N with tert-alkyl or cyclic N) is 1. The van der Waals surface area contributed by atoms with E-state index in [1.807, 2.05) is 24.3 Å². The number of nitrogens with one attached hydrogen (secondary N) is 1. The van der Waals surface area contributed by atoms with Crippen molar-refractivity contribution in [1.29, 1.82) is 0 Å². The number of imide groups is 1. The van der Waals surface area contributed by atoms with E-state index < -0.39 is 23.6 Å². The topological polar surface area (TPSA) is 95.9 Å². The van der Waals surface area contributed by atoms with Crippen LogP contribution < -0.4 is 10.1 Å². The molecule has 0 saturated carbocycles. The maximum Gasteiger partial charge on any atom is 0.325 e. The number of hydrogen-bond acceptors (Lipinski definition) is 5. The van der Waals surface area contributed by atoms with Crippen molar-refractivity contribution in [3.8, 4) is 5.75 Å². The molecule has 0 spiro atoms. The van der Waals surface area contributed by atoms with Crippen molar-refractivity contribution < 1.29 is 24.2 Å². The molecule has 7 heteroatoms. The minimum absolute atomic E-state index is 0.0490. The summed E-state index contributed by atoms with van der Waals surface area (Å²) in [4.78, 5) is 37.8. The van der Waals surface area contributed by atoms with Gasteiger partial charge < -0.3 is 15.2 Å². The molecule has 2 unspecified atom stereocenters. The second kappa shape index (κ2) is 8.89. The maximum absolute atomic E-state index is 13.0. The number of aliphatic hydroxyl groups excluding tert-OH is 1. The molecule has 1 aliphatic heterocycles. The molecule has 2 aromatic carbocycles. The summed E-state index contributed by atoms with van der Waals surface area (Å²) in [7, 11) is 0. The molecular formula is C24H28N2O5. The predicted molar refractivity (Wildman–Crippen MR) is 116 cm³/mol. The SMILES string of the molecule is CC(=O)c1ccc(OCC(O)CN2C(=O)NC(C)(c3ccc(C(C)C)cc3)C2=O)cc1. The molecule has 0 bridgehead atoms. The standard InChI is InChI=1S/C24H28N2O5/c1-15(2)17-5-9-19(10-6-17)24(4)22(29)26(23(30)25-24)13-20(28)14-31-21-11-7-18(8-12-21)16(3)27/h5-12,15,20,28H,13-14H2,1-4H3,(H,25,30). The molecule has 2 atom stereocenters. The summed E-state index contributed by atoms with van der Waals surface area (Å²) in [6.45, 7) is 7.03. The average Bonchev–Trinajstić information content (AvgIpc) is 2.96. The zero-order chi connectivity index (χ0) is 22.8. The van der Waals surface area contributed by atoms with Gasteiger partial charge in [-0.1, -0.05) is 38.1 Å². The fraction of sp³-hybridized carbons (Fsp3) is 0.375. The lowest BCUT2D eigenvalue weighted by Gasteiger charge is -2.23. The normalized spacial score (nSPS) is 19.5. The second-order valence-electron chi connectivity index (χ2n) is 8.29. The number of amides is 3. The summed E-state index contributed by atoms with van der Waals surface area (Å²) >= 11 is 0. The molecule has 3 rings (SSSR count). The zero-order valence-electron chi connectivity index (χ0n) is 18.2. The minimum atomic E-state index is -1.18. The molecule has 2 N–H and O–H groups in total. The number of urea groups is 1. The third kappa shape index (κ3) is 4.77. The van der Waals surface area contributed by atoms with E-state index in [9.17, 15) is 19.5 Å². The Kier molecular flexibility index (Phi) is 6.45. The highest BCUT2D eigenvalue weighted by molar-refractivity contribution is 6.07. The first kappa shape index (κ1) is 22.5. The molecular weight excluding hydrogens is 396 g/mol. The number of hydrogen-bond donors (Lipinski definition) is 2. The lowest BCUT2D eigenvalue weighted by molar-refractivity contribution is -0.132. The van der Waals surface area contributed by atoms with E-state index in [1.54, 1.807) is 31.2 Å². The van der Waals surface area contributed by atoms with Crippen molar-refractivity contribution >= 4 is 17.7 Å². The predicted octanol–water partition coefficient (Wildman–Crippen LogP) is 3.22. The molecule has 1 aliphatic rings. The molecule has 0 aliphatic carbocycles. The number of rotatable bonds is 8. The fourth-order valence-electron chi connectivity index (χ4n) is 3.50. The first-order valence-corrected chi connectivity index (χ1v) is 10.3. The molecule has 7 nitrogen and oxygen atoms in total. The van der Waals surface area contributed by atoms with E-state index in [0.29, 0.717) is 22.8 Å². The lowest BCUT2D eigenvalue weighted by Crippen LogP contribution is -2.42. The molecule has 164 valence electrons. The Labute approximate surface area is 182 Å². The number of carbonyl (C=O) groups excluding carboxylic acids is 3. The van der Waals surface area contributed by atoms with Crippen LogP contribution in [0.1, 0.15) is 55.1 Å². The zero-order valence-corrected chi connectivity index (χ0v) is 18.2. The molecule has 1 heterocycles. The van der Waals surface area contributed by atoms with Crippen molar-refractivity contribution in [2.75, 3.05) is 13.2 Å². The van der Waals surface area contributed by atoms with Gasteiger partial charge >= 0.3 is 6.03 Å². The van der Waals surface area contributed by atoms with Crippen molar-refractivity contribution in [2.24, 2.45) is 0 Å². The monoisotopic (exact) mass is 424 g/mol. The van der Waals surface area contributed by atoms with Crippen LogP contribution in [0.3, 0.4) is 0 Å². The number of Topliss-reactive ketones (excluding diaryl/α,β-unsaturated/α-hetero) is 1. The number of nitrogens with zero attached hydrogens (tertiary/aromatic N) is 1. The van der Waals surface area contributed by atoms with E-state index in [1.165, 1.54) is 6.92 Å². The van der Waals surface area contributed by atoms with E-state index in [0.717, 1.165) is 10.5 Å². The first-order chi connectivity index (χ1) is 14.6. The van der Waals surface area contributed by atoms with Gasteiger partial charge in [-0.25, -0.2) is 4.79 Å². The Morgan fingerprint density at radius 1 is 1.10 bits per heavy atom. The number of aliphatic hydroxyl groups is 1. The first-order valence-electron chi connectivity index (χ1n) is 10.3. The van der Waals surface area contributed by atoms with Gasteiger partial charge in [0.2, 0.25) is 0 Å². The van der Waals surface area contributed by atoms with Crippen LogP contribution in [0.25, 0.3) is 0 Å². The molecule has 1 fully saturated rings. The summed E-state index contributed by atoms with van der Waals surface area (Å²) in [6.07, 6.45) is -1.06. The maximum atomic E-state index is 13.0. The van der Waals surface area contributed by atoms with Crippen LogP contribution in [-0.4, -0.2) is 47.0 Å². The molecule has 0 aromatic heterocycles. The van der Waals surface area contributed by atoms with E-state index in [-0.39, 0.29) is 18.9 Å². The number of ether oxygens (including phenoxy) is 1. The van der Waals surface area contributed by atoms with Gasteiger partial charge in [0, 0.05) is 5.56 Å². The highest BCUT2D eigenvalue weighted by Gasteiger charge is 2.49.